The van der Waals surface area contributed by atoms with E-state index in [1.807, 2.05) is 50.2 Å². The number of anilines is 1. The second-order valence-electron chi connectivity index (χ2n) is 7.48. The second kappa shape index (κ2) is 8.71. The van der Waals surface area contributed by atoms with Crippen molar-refractivity contribution in [1.29, 1.82) is 0 Å². The minimum Gasteiger partial charge on any atom is -0.337 e. The Morgan fingerprint density at radius 2 is 1.40 bits per heavy atom. The van der Waals surface area contributed by atoms with Crippen molar-refractivity contribution < 1.29 is 13.2 Å². The maximum absolute atomic E-state index is 13.1. The number of nitrogens with zero attached hydrogens (tertiary/aromatic N) is 2. The minimum absolute atomic E-state index is 0.0835. The Morgan fingerprint density at radius 1 is 0.833 bits per heavy atom. The van der Waals surface area contributed by atoms with Crippen LogP contribution in [0.4, 0.5) is 5.69 Å². The molecule has 3 aromatic carbocycles. The first-order valence-electron chi connectivity index (χ1n) is 9.65. The van der Waals surface area contributed by atoms with Crippen LogP contribution in [0.15, 0.2) is 77.7 Å². The lowest BCUT2D eigenvalue weighted by Gasteiger charge is -2.21. The number of hydrogen-bond acceptors (Lipinski definition) is 3. The third-order valence-corrected chi connectivity index (χ3v) is 6.81. The molecule has 30 heavy (non-hydrogen) atoms. The summed E-state index contributed by atoms with van der Waals surface area (Å²) >= 11 is 0. The maximum atomic E-state index is 13.1. The molecule has 0 atom stereocenters. The van der Waals surface area contributed by atoms with Crippen molar-refractivity contribution in [3.63, 3.8) is 0 Å². The van der Waals surface area contributed by atoms with E-state index in [9.17, 15) is 13.2 Å². The van der Waals surface area contributed by atoms with Crippen molar-refractivity contribution in [2.75, 3.05) is 18.4 Å². The van der Waals surface area contributed by atoms with Gasteiger partial charge in [-0.25, -0.2) is 8.42 Å². The normalized spacial score (nSPS) is 11.2. The van der Waals surface area contributed by atoms with Crippen LogP contribution in [0.5, 0.6) is 0 Å². The van der Waals surface area contributed by atoms with Crippen LogP contribution in [0.2, 0.25) is 0 Å². The molecule has 3 rings (SSSR count). The van der Waals surface area contributed by atoms with Gasteiger partial charge in [-0.3, -0.25) is 9.10 Å². The summed E-state index contributed by atoms with van der Waals surface area (Å²) in [5.41, 5.74) is 4.12. The van der Waals surface area contributed by atoms with E-state index in [0.29, 0.717) is 17.8 Å². The average molecular weight is 423 g/mol. The van der Waals surface area contributed by atoms with Crippen LogP contribution in [-0.2, 0) is 16.6 Å². The van der Waals surface area contributed by atoms with Crippen LogP contribution < -0.4 is 4.31 Å². The summed E-state index contributed by atoms with van der Waals surface area (Å²) in [5, 5.41) is 0. The zero-order valence-electron chi connectivity index (χ0n) is 17.7. The number of sulfonamides is 1. The van der Waals surface area contributed by atoms with Gasteiger partial charge in [0.25, 0.3) is 15.9 Å². The van der Waals surface area contributed by atoms with Crippen LogP contribution >= 0.6 is 0 Å². The Labute approximate surface area is 178 Å². The van der Waals surface area contributed by atoms with Crippen LogP contribution in [-0.4, -0.2) is 33.3 Å². The lowest BCUT2D eigenvalue weighted by molar-refractivity contribution is 0.0785. The number of benzene rings is 3. The first kappa shape index (κ1) is 21.6. The van der Waals surface area contributed by atoms with Crippen molar-refractivity contribution in [2.24, 2.45) is 0 Å². The van der Waals surface area contributed by atoms with Gasteiger partial charge in [0.05, 0.1) is 10.6 Å². The smallest absolute Gasteiger partial charge is 0.264 e. The van der Waals surface area contributed by atoms with E-state index in [4.69, 9.17) is 0 Å². The number of amides is 1. The van der Waals surface area contributed by atoms with Crippen LogP contribution in [0.3, 0.4) is 0 Å². The second-order valence-corrected chi connectivity index (χ2v) is 9.45. The summed E-state index contributed by atoms with van der Waals surface area (Å²) in [5.74, 6) is -0.231. The predicted molar refractivity (Wildman–Crippen MR) is 120 cm³/mol. The fourth-order valence-electron chi connectivity index (χ4n) is 3.10. The van der Waals surface area contributed by atoms with Gasteiger partial charge >= 0.3 is 0 Å². The van der Waals surface area contributed by atoms with E-state index in [1.165, 1.54) is 23.5 Å². The van der Waals surface area contributed by atoms with Gasteiger partial charge < -0.3 is 4.90 Å². The Bertz CT molecular complexity index is 1140. The summed E-state index contributed by atoms with van der Waals surface area (Å²) in [4.78, 5) is 14.6. The molecule has 6 heteroatoms. The zero-order chi connectivity index (χ0) is 21.9. The third-order valence-electron chi connectivity index (χ3n) is 5.02. The number of carbonyl (C=O) groups excluding carboxylic acids is 1. The molecule has 0 aliphatic carbocycles. The molecule has 0 unspecified atom stereocenters. The van der Waals surface area contributed by atoms with Gasteiger partial charge in [0, 0.05) is 26.2 Å². The fourth-order valence-corrected chi connectivity index (χ4v) is 4.34. The molecule has 156 valence electrons. The standard InChI is InChI=1S/C24H26N2O3S/c1-18-8-12-20(13-9-18)17-25(3)24(27)21-6-5-7-23(16-21)30(28,29)26(4)22-14-10-19(2)11-15-22/h5-16H,17H2,1-4H3. The first-order chi connectivity index (χ1) is 14.2. The highest BCUT2D eigenvalue weighted by Gasteiger charge is 2.23. The molecule has 3 aromatic rings. The van der Waals surface area contributed by atoms with Crippen LogP contribution in [0, 0.1) is 13.8 Å². The molecule has 0 bridgehead atoms. The zero-order valence-corrected chi connectivity index (χ0v) is 18.5. The number of aryl methyl sites for hydroxylation is 2. The molecule has 1 amide bonds. The molecule has 0 aliphatic rings. The quantitative estimate of drug-likeness (QED) is 0.592. The van der Waals surface area contributed by atoms with Crippen molar-refractivity contribution in [3.05, 3.63) is 95.1 Å². The summed E-state index contributed by atoms with van der Waals surface area (Å²) in [6.45, 7) is 4.40. The highest BCUT2D eigenvalue weighted by atomic mass is 32.2. The van der Waals surface area contributed by atoms with Gasteiger partial charge in [-0.15, -0.1) is 0 Å². The lowest BCUT2D eigenvalue weighted by Crippen LogP contribution is -2.28. The summed E-state index contributed by atoms with van der Waals surface area (Å²) in [6.07, 6.45) is 0. The van der Waals surface area contributed by atoms with E-state index in [-0.39, 0.29) is 10.8 Å². The molecule has 0 spiro atoms. The van der Waals surface area contributed by atoms with E-state index in [2.05, 4.69) is 0 Å². The molecule has 0 saturated heterocycles. The highest BCUT2D eigenvalue weighted by Crippen LogP contribution is 2.23. The molecule has 0 aromatic heterocycles. The topological polar surface area (TPSA) is 57.7 Å². The first-order valence-corrected chi connectivity index (χ1v) is 11.1. The molecule has 0 aliphatic heterocycles. The van der Waals surface area contributed by atoms with Gasteiger partial charge in [-0.1, -0.05) is 53.6 Å². The number of hydrogen-bond donors (Lipinski definition) is 0. The lowest BCUT2D eigenvalue weighted by atomic mass is 10.1. The molecule has 0 saturated carbocycles. The molecular weight excluding hydrogens is 396 g/mol. The van der Waals surface area contributed by atoms with Gasteiger partial charge in [0.15, 0.2) is 0 Å². The van der Waals surface area contributed by atoms with Gasteiger partial charge in [0.1, 0.15) is 0 Å². The van der Waals surface area contributed by atoms with Gasteiger partial charge in [-0.2, -0.15) is 0 Å². The molecule has 0 fully saturated rings. The van der Waals surface area contributed by atoms with Crippen molar-refractivity contribution in [2.45, 2.75) is 25.3 Å². The summed E-state index contributed by atoms with van der Waals surface area (Å²) in [7, 11) is -0.566. The average Bonchev–Trinajstić information content (AvgIpc) is 2.75. The number of carbonyl (C=O) groups is 1. The van der Waals surface area contributed by atoms with Crippen LogP contribution in [0.25, 0.3) is 0 Å². The molecule has 0 radical (unpaired) electrons. The SMILES string of the molecule is Cc1ccc(CN(C)C(=O)c2cccc(S(=O)(=O)N(C)c3ccc(C)cc3)c2)cc1. The maximum Gasteiger partial charge on any atom is 0.264 e. The van der Waals surface area contributed by atoms with E-state index < -0.39 is 10.0 Å². The molecular formula is C24H26N2O3S. The van der Waals surface area contributed by atoms with Crippen molar-refractivity contribution in [3.8, 4) is 0 Å². The van der Waals surface area contributed by atoms with Gasteiger partial charge in [-0.05, 0) is 49.7 Å². The van der Waals surface area contributed by atoms with Crippen LogP contribution in [0.1, 0.15) is 27.0 Å². The Hall–Kier alpha value is -3.12. The molecule has 0 N–H and O–H groups in total. The predicted octanol–water partition coefficient (Wildman–Crippen LogP) is 4.40. The molecule has 0 heterocycles. The largest absolute Gasteiger partial charge is 0.337 e. The highest BCUT2D eigenvalue weighted by molar-refractivity contribution is 7.92. The van der Waals surface area contributed by atoms with E-state index in [1.54, 1.807) is 36.2 Å². The van der Waals surface area contributed by atoms with Crippen molar-refractivity contribution >= 4 is 21.6 Å². The van der Waals surface area contributed by atoms with E-state index in [0.717, 1.165) is 16.7 Å². The fraction of sp³-hybridized carbons (Fsp3) is 0.208. The summed E-state index contributed by atoms with van der Waals surface area (Å²) < 4.78 is 27.4. The Balaban J connectivity index is 1.82. The molecule has 5 nitrogen and oxygen atoms in total. The Kier molecular flexibility index (Phi) is 6.27. The van der Waals surface area contributed by atoms with Gasteiger partial charge in [0.2, 0.25) is 0 Å². The summed E-state index contributed by atoms with van der Waals surface area (Å²) in [6, 6.07) is 21.4. The number of rotatable bonds is 6. The Morgan fingerprint density at radius 3 is 2.00 bits per heavy atom. The monoisotopic (exact) mass is 422 g/mol. The van der Waals surface area contributed by atoms with Crippen molar-refractivity contribution in [1.82, 2.24) is 4.90 Å². The minimum atomic E-state index is -3.79. The van der Waals surface area contributed by atoms with E-state index >= 15 is 0 Å². The third kappa shape index (κ3) is 4.71.